The number of hydrogen-bond acceptors (Lipinski definition) is 4. The quantitative estimate of drug-likeness (QED) is 0.646. The number of phenolic OH excluding ortho intramolecular Hbond substituents is 1. The van der Waals surface area contributed by atoms with Crippen LogP contribution in [0, 0.1) is 3.57 Å². The standard InChI is InChI=1S/C10H7IO4/c1-14-7-4-8(13)15-10-5(7)2-3-6(12)9(10)11/h2-4,12H,1H3. The van der Waals surface area contributed by atoms with E-state index in [1.54, 1.807) is 6.07 Å². The number of halogens is 1. The van der Waals surface area contributed by atoms with Crippen molar-refractivity contribution in [3.63, 3.8) is 0 Å². The Morgan fingerprint density at radius 2 is 2.20 bits per heavy atom. The predicted molar refractivity (Wildman–Crippen MR) is 63.4 cm³/mol. The lowest BCUT2D eigenvalue weighted by molar-refractivity contribution is 0.412. The number of hydrogen-bond donors (Lipinski definition) is 1. The molecule has 0 unspecified atom stereocenters. The fourth-order valence-corrected chi connectivity index (χ4v) is 1.90. The van der Waals surface area contributed by atoms with Gasteiger partial charge < -0.3 is 14.3 Å². The molecule has 0 aliphatic heterocycles. The fourth-order valence-electron chi connectivity index (χ4n) is 1.32. The monoisotopic (exact) mass is 318 g/mol. The lowest BCUT2D eigenvalue weighted by Gasteiger charge is -2.05. The predicted octanol–water partition coefficient (Wildman–Crippen LogP) is 2.11. The van der Waals surface area contributed by atoms with E-state index in [0.29, 0.717) is 20.3 Å². The van der Waals surface area contributed by atoms with Crippen LogP contribution >= 0.6 is 22.6 Å². The number of phenols is 1. The van der Waals surface area contributed by atoms with Gasteiger partial charge in [0.2, 0.25) is 0 Å². The van der Waals surface area contributed by atoms with Crippen molar-refractivity contribution in [2.24, 2.45) is 0 Å². The molecule has 0 aliphatic rings. The molecule has 1 aromatic carbocycles. The van der Waals surface area contributed by atoms with Gasteiger partial charge in [-0.05, 0) is 34.7 Å². The highest BCUT2D eigenvalue weighted by atomic mass is 127. The van der Waals surface area contributed by atoms with Crippen LogP contribution in [0.25, 0.3) is 11.0 Å². The number of aromatic hydroxyl groups is 1. The van der Waals surface area contributed by atoms with Gasteiger partial charge in [-0.25, -0.2) is 4.79 Å². The first-order chi connectivity index (χ1) is 7.13. The average Bonchev–Trinajstić information content (AvgIpc) is 2.23. The second-order valence-electron chi connectivity index (χ2n) is 2.91. The highest BCUT2D eigenvalue weighted by molar-refractivity contribution is 14.1. The maximum absolute atomic E-state index is 11.2. The first-order valence-electron chi connectivity index (χ1n) is 4.13. The Labute approximate surface area is 98.6 Å². The summed E-state index contributed by atoms with van der Waals surface area (Å²) in [5, 5.41) is 10.1. The highest BCUT2D eigenvalue weighted by Gasteiger charge is 2.11. The van der Waals surface area contributed by atoms with E-state index in [1.807, 2.05) is 22.6 Å². The summed E-state index contributed by atoms with van der Waals surface area (Å²) in [6.07, 6.45) is 0. The van der Waals surface area contributed by atoms with Crippen LogP contribution in [0.5, 0.6) is 11.5 Å². The minimum atomic E-state index is -0.497. The summed E-state index contributed by atoms with van der Waals surface area (Å²) in [6.45, 7) is 0. The van der Waals surface area contributed by atoms with E-state index in [9.17, 15) is 9.90 Å². The van der Waals surface area contributed by atoms with Crippen LogP contribution in [-0.2, 0) is 0 Å². The maximum Gasteiger partial charge on any atom is 0.339 e. The zero-order chi connectivity index (χ0) is 11.0. The molecule has 15 heavy (non-hydrogen) atoms. The fraction of sp³-hybridized carbons (Fsp3) is 0.100. The molecule has 0 radical (unpaired) electrons. The minimum absolute atomic E-state index is 0.0829. The van der Waals surface area contributed by atoms with E-state index in [0.717, 1.165) is 0 Å². The first kappa shape index (κ1) is 10.3. The third-order valence-corrected chi connectivity index (χ3v) is 3.06. The summed E-state index contributed by atoms with van der Waals surface area (Å²) >= 11 is 1.91. The van der Waals surface area contributed by atoms with Crippen molar-refractivity contribution >= 4 is 33.6 Å². The molecular formula is C10H7IO4. The van der Waals surface area contributed by atoms with Crippen molar-refractivity contribution in [2.45, 2.75) is 0 Å². The van der Waals surface area contributed by atoms with Crippen molar-refractivity contribution in [3.8, 4) is 11.5 Å². The normalized spacial score (nSPS) is 10.5. The molecule has 0 aliphatic carbocycles. The summed E-state index contributed by atoms with van der Waals surface area (Å²) in [6, 6.07) is 4.46. The first-order valence-corrected chi connectivity index (χ1v) is 5.20. The zero-order valence-electron chi connectivity index (χ0n) is 7.78. The summed E-state index contributed by atoms with van der Waals surface area (Å²) in [5.74, 6) is 0.527. The van der Waals surface area contributed by atoms with Gasteiger partial charge in [-0.1, -0.05) is 0 Å². The molecule has 5 heteroatoms. The molecule has 2 rings (SSSR count). The van der Waals surface area contributed by atoms with Crippen LogP contribution in [0.2, 0.25) is 0 Å². The summed E-state index contributed by atoms with van der Waals surface area (Å²) in [4.78, 5) is 11.2. The van der Waals surface area contributed by atoms with E-state index < -0.39 is 5.63 Å². The Balaban J connectivity index is 2.96. The summed E-state index contributed by atoms with van der Waals surface area (Å²) < 4.78 is 10.6. The number of rotatable bonds is 1. The SMILES string of the molecule is COc1cc(=O)oc2c(I)c(O)ccc12. The number of methoxy groups -OCH3 is 1. The van der Waals surface area contributed by atoms with E-state index >= 15 is 0 Å². The van der Waals surface area contributed by atoms with Gasteiger partial charge in [-0.15, -0.1) is 0 Å². The van der Waals surface area contributed by atoms with Gasteiger partial charge in [0.05, 0.1) is 22.1 Å². The van der Waals surface area contributed by atoms with Crippen LogP contribution in [-0.4, -0.2) is 12.2 Å². The molecule has 1 N–H and O–H groups in total. The third kappa shape index (κ3) is 1.67. The molecule has 0 bridgehead atoms. The van der Waals surface area contributed by atoms with E-state index in [4.69, 9.17) is 9.15 Å². The van der Waals surface area contributed by atoms with Crippen LogP contribution in [0.4, 0.5) is 0 Å². The van der Waals surface area contributed by atoms with E-state index in [-0.39, 0.29) is 5.75 Å². The Bertz CT molecular complexity index is 573. The van der Waals surface area contributed by atoms with Crippen molar-refractivity contribution in [2.75, 3.05) is 7.11 Å². The van der Waals surface area contributed by atoms with Crippen LogP contribution in [0.1, 0.15) is 0 Å². The minimum Gasteiger partial charge on any atom is -0.507 e. The number of fused-ring (bicyclic) bond motifs is 1. The Morgan fingerprint density at radius 1 is 1.47 bits per heavy atom. The van der Waals surface area contributed by atoms with E-state index in [1.165, 1.54) is 19.2 Å². The second kappa shape index (κ2) is 3.73. The lowest BCUT2D eigenvalue weighted by atomic mass is 10.2. The van der Waals surface area contributed by atoms with Gasteiger partial charge in [0.25, 0.3) is 0 Å². The number of ether oxygens (including phenoxy) is 1. The Hall–Kier alpha value is -1.24. The third-order valence-electron chi connectivity index (χ3n) is 2.01. The molecule has 2 aromatic rings. The van der Waals surface area contributed by atoms with Gasteiger partial charge >= 0.3 is 5.63 Å². The average molecular weight is 318 g/mol. The van der Waals surface area contributed by atoms with Crippen LogP contribution in [0.3, 0.4) is 0 Å². The molecule has 0 saturated heterocycles. The van der Waals surface area contributed by atoms with Crippen LogP contribution < -0.4 is 10.4 Å². The van der Waals surface area contributed by atoms with Crippen molar-refractivity contribution in [1.82, 2.24) is 0 Å². The van der Waals surface area contributed by atoms with Gasteiger partial charge in [-0.2, -0.15) is 0 Å². The van der Waals surface area contributed by atoms with Crippen molar-refractivity contribution in [1.29, 1.82) is 0 Å². The largest absolute Gasteiger partial charge is 0.507 e. The molecule has 4 nitrogen and oxygen atoms in total. The van der Waals surface area contributed by atoms with Gasteiger partial charge in [-0.3, -0.25) is 0 Å². The van der Waals surface area contributed by atoms with Gasteiger partial charge in [0.1, 0.15) is 11.5 Å². The molecule has 0 amide bonds. The molecule has 0 fully saturated rings. The highest BCUT2D eigenvalue weighted by Crippen LogP contribution is 2.32. The summed E-state index contributed by atoms with van der Waals surface area (Å²) in [7, 11) is 1.48. The van der Waals surface area contributed by atoms with Gasteiger partial charge in [0.15, 0.2) is 5.58 Å². The Morgan fingerprint density at radius 3 is 2.87 bits per heavy atom. The molecule has 0 saturated carbocycles. The van der Waals surface area contributed by atoms with Crippen molar-refractivity contribution in [3.05, 3.63) is 32.2 Å². The molecular weight excluding hydrogens is 311 g/mol. The van der Waals surface area contributed by atoms with E-state index in [2.05, 4.69) is 0 Å². The maximum atomic E-state index is 11.2. The van der Waals surface area contributed by atoms with Gasteiger partial charge in [0, 0.05) is 0 Å². The lowest BCUT2D eigenvalue weighted by Crippen LogP contribution is -1.99. The Kier molecular flexibility index (Phi) is 2.56. The van der Waals surface area contributed by atoms with Crippen molar-refractivity contribution < 1.29 is 14.3 Å². The second-order valence-corrected chi connectivity index (χ2v) is 3.99. The smallest absolute Gasteiger partial charge is 0.339 e. The molecule has 0 atom stereocenters. The molecule has 78 valence electrons. The topological polar surface area (TPSA) is 59.7 Å². The summed E-state index contributed by atoms with van der Waals surface area (Å²) in [5.41, 5.74) is -0.150. The number of benzene rings is 1. The molecule has 1 heterocycles. The van der Waals surface area contributed by atoms with Crippen LogP contribution in [0.15, 0.2) is 27.4 Å². The zero-order valence-corrected chi connectivity index (χ0v) is 9.94. The molecule has 0 spiro atoms. The molecule has 1 aromatic heterocycles.